The van der Waals surface area contributed by atoms with Crippen LogP contribution in [-0.4, -0.2) is 25.2 Å². The number of carbonyl (C=O) groups is 1. The van der Waals surface area contributed by atoms with Gasteiger partial charge in [0.15, 0.2) is 0 Å². The molecule has 0 aromatic heterocycles. The van der Waals surface area contributed by atoms with E-state index in [2.05, 4.69) is 11.4 Å². The Morgan fingerprint density at radius 2 is 1.78 bits per heavy atom. The zero-order valence-electron chi connectivity index (χ0n) is 12.3. The fourth-order valence-electron chi connectivity index (χ4n) is 2.19. The summed E-state index contributed by atoms with van der Waals surface area (Å²) in [4.78, 5) is 12.4. The molecule has 0 unspecified atom stereocenters. The standard InChI is InChI=1S/C14H26N2O2/c1-6-8-14(10-15,9-7-2)12(17)16-13(3,4)11-18-5/h6-9,11H2,1-5H3,(H,16,17). The maximum Gasteiger partial charge on any atom is 0.240 e. The summed E-state index contributed by atoms with van der Waals surface area (Å²) in [6.45, 7) is 8.21. The molecule has 0 spiro atoms. The van der Waals surface area contributed by atoms with Crippen molar-refractivity contribution < 1.29 is 9.53 Å². The number of nitrogens with zero attached hydrogens (tertiary/aromatic N) is 1. The Kier molecular flexibility index (Phi) is 6.93. The molecule has 0 atom stereocenters. The van der Waals surface area contributed by atoms with Crippen LogP contribution in [0.5, 0.6) is 0 Å². The highest BCUT2D eigenvalue weighted by Crippen LogP contribution is 2.30. The van der Waals surface area contributed by atoms with Crippen LogP contribution in [0.3, 0.4) is 0 Å². The van der Waals surface area contributed by atoms with Gasteiger partial charge in [0.25, 0.3) is 0 Å². The SMILES string of the molecule is CCCC(C#N)(CCC)C(=O)NC(C)(C)COC. The van der Waals surface area contributed by atoms with Crippen LogP contribution in [0.1, 0.15) is 53.4 Å². The summed E-state index contributed by atoms with van der Waals surface area (Å²) < 4.78 is 5.08. The summed E-state index contributed by atoms with van der Waals surface area (Å²) in [6.07, 6.45) is 2.86. The van der Waals surface area contributed by atoms with Crippen molar-refractivity contribution in [3.05, 3.63) is 0 Å². The largest absolute Gasteiger partial charge is 0.382 e. The van der Waals surface area contributed by atoms with Gasteiger partial charge in [-0.15, -0.1) is 0 Å². The summed E-state index contributed by atoms with van der Waals surface area (Å²) in [5, 5.41) is 12.3. The topological polar surface area (TPSA) is 62.1 Å². The molecule has 0 aliphatic rings. The third-order valence-corrected chi connectivity index (χ3v) is 2.96. The van der Waals surface area contributed by atoms with Crippen molar-refractivity contribution in [2.75, 3.05) is 13.7 Å². The van der Waals surface area contributed by atoms with E-state index in [1.165, 1.54) is 0 Å². The molecule has 1 N–H and O–H groups in total. The smallest absolute Gasteiger partial charge is 0.240 e. The Hall–Kier alpha value is -1.08. The van der Waals surface area contributed by atoms with E-state index in [0.717, 1.165) is 12.8 Å². The molecule has 0 fully saturated rings. The Bertz CT molecular complexity index is 299. The van der Waals surface area contributed by atoms with E-state index in [9.17, 15) is 10.1 Å². The first-order chi connectivity index (χ1) is 8.37. The quantitative estimate of drug-likeness (QED) is 0.724. The molecule has 4 nitrogen and oxygen atoms in total. The molecule has 0 aromatic carbocycles. The molecule has 0 saturated carbocycles. The van der Waals surface area contributed by atoms with Gasteiger partial charge in [0, 0.05) is 7.11 Å². The predicted octanol–water partition coefficient (Wildman–Crippen LogP) is 2.64. The van der Waals surface area contributed by atoms with E-state index in [1.807, 2.05) is 27.7 Å². The van der Waals surface area contributed by atoms with Gasteiger partial charge >= 0.3 is 0 Å². The zero-order valence-corrected chi connectivity index (χ0v) is 12.3. The third kappa shape index (κ3) is 4.66. The van der Waals surface area contributed by atoms with Gasteiger partial charge in [-0.2, -0.15) is 5.26 Å². The molecule has 0 rings (SSSR count). The number of carbonyl (C=O) groups excluding carboxylic acids is 1. The minimum absolute atomic E-state index is 0.171. The average molecular weight is 254 g/mol. The van der Waals surface area contributed by atoms with Gasteiger partial charge in [-0.05, 0) is 26.7 Å². The lowest BCUT2D eigenvalue weighted by Gasteiger charge is -2.31. The summed E-state index contributed by atoms with van der Waals surface area (Å²) in [5.41, 5.74) is -1.34. The molecule has 0 heterocycles. The number of hydrogen-bond acceptors (Lipinski definition) is 3. The first-order valence-electron chi connectivity index (χ1n) is 6.60. The highest BCUT2D eigenvalue weighted by molar-refractivity contribution is 5.86. The van der Waals surface area contributed by atoms with Crippen LogP contribution in [0.2, 0.25) is 0 Å². The van der Waals surface area contributed by atoms with Crippen molar-refractivity contribution in [3.8, 4) is 6.07 Å². The molecule has 0 bridgehead atoms. The van der Waals surface area contributed by atoms with Gasteiger partial charge in [0.2, 0.25) is 5.91 Å². The van der Waals surface area contributed by atoms with Crippen molar-refractivity contribution in [2.45, 2.75) is 58.9 Å². The van der Waals surface area contributed by atoms with Gasteiger partial charge in [0.1, 0.15) is 5.41 Å². The molecule has 0 radical (unpaired) electrons. The lowest BCUT2D eigenvalue weighted by molar-refractivity contribution is -0.131. The van der Waals surface area contributed by atoms with Gasteiger partial charge in [-0.3, -0.25) is 4.79 Å². The van der Waals surface area contributed by atoms with Crippen molar-refractivity contribution in [2.24, 2.45) is 5.41 Å². The number of ether oxygens (including phenoxy) is 1. The minimum Gasteiger partial charge on any atom is -0.382 e. The van der Waals surface area contributed by atoms with E-state index in [4.69, 9.17) is 4.74 Å². The summed E-state index contributed by atoms with van der Waals surface area (Å²) in [5.74, 6) is -0.171. The zero-order chi connectivity index (χ0) is 14.2. The van der Waals surface area contributed by atoms with Gasteiger partial charge < -0.3 is 10.1 Å². The fraction of sp³-hybridized carbons (Fsp3) is 0.857. The Morgan fingerprint density at radius 3 is 2.11 bits per heavy atom. The average Bonchev–Trinajstić information content (AvgIpc) is 2.27. The van der Waals surface area contributed by atoms with E-state index in [0.29, 0.717) is 19.4 Å². The molecule has 0 aliphatic heterocycles. The van der Waals surface area contributed by atoms with Crippen LogP contribution in [-0.2, 0) is 9.53 Å². The number of rotatable bonds is 8. The molecule has 104 valence electrons. The van der Waals surface area contributed by atoms with Crippen LogP contribution in [0.25, 0.3) is 0 Å². The normalized spacial score (nSPS) is 12.0. The lowest BCUT2D eigenvalue weighted by Crippen LogP contribution is -2.52. The Balaban J connectivity index is 4.92. The molecule has 0 saturated heterocycles. The molecule has 0 aliphatic carbocycles. The van der Waals surface area contributed by atoms with E-state index < -0.39 is 11.0 Å². The van der Waals surface area contributed by atoms with E-state index >= 15 is 0 Å². The first-order valence-corrected chi connectivity index (χ1v) is 6.60. The second-order valence-electron chi connectivity index (χ2n) is 5.46. The van der Waals surface area contributed by atoms with Crippen LogP contribution in [0.15, 0.2) is 0 Å². The first kappa shape index (κ1) is 16.9. The van der Waals surface area contributed by atoms with Crippen LogP contribution >= 0.6 is 0 Å². The van der Waals surface area contributed by atoms with Crippen molar-refractivity contribution in [1.29, 1.82) is 5.26 Å². The van der Waals surface area contributed by atoms with Gasteiger partial charge in [-0.25, -0.2) is 0 Å². The number of hydrogen-bond donors (Lipinski definition) is 1. The fourth-order valence-corrected chi connectivity index (χ4v) is 2.19. The Morgan fingerprint density at radius 1 is 1.28 bits per heavy atom. The molecule has 1 amide bonds. The molecular formula is C14H26N2O2. The van der Waals surface area contributed by atoms with E-state index in [1.54, 1.807) is 7.11 Å². The molecule has 18 heavy (non-hydrogen) atoms. The van der Waals surface area contributed by atoms with Crippen molar-refractivity contribution in [3.63, 3.8) is 0 Å². The number of amides is 1. The highest BCUT2D eigenvalue weighted by atomic mass is 16.5. The van der Waals surface area contributed by atoms with Crippen molar-refractivity contribution >= 4 is 5.91 Å². The summed E-state index contributed by atoms with van der Waals surface area (Å²) in [7, 11) is 1.60. The maximum atomic E-state index is 12.4. The number of nitriles is 1. The van der Waals surface area contributed by atoms with Gasteiger partial charge in [0.05, 0.1) is 18.2 Å². The van der Waals surface area contributed by atoms with Crippen LogP contribution < -0.4 is 5.32 Å². The van der Waals surface area contributed by atoms with Crippen LogP contribution in [0, 0.1) is 16.7 Å². The second kappa shape index (κ2) is 7.38. The summed E-state index contributed by atoms with van der Waals surface area (Å²) >= 11 is 0. The minimum atomic E-state index is -0.894. The van der Waals surface area contributed by atoms with E-state index in [-0.39, 0.29) is 5.91 Å². The number of nitrogens with one attached hydrogen (secondary N) is 1. The predicted molar refractivity (Wildman–Crippen MR) is 72.0 cm³/mol. The summed E-state index contributed by atoms with van der Waals surface area (Å²) in [6, 6.07) is 2.23. The Labute approximate surface area is 111 Å². The van der Waals surface area contributed by atoms with Crippen LogP contribution in [0.4, 0.5) is 0 Å². The number of methoxy groups -OCH3 is 1. The monoisotopic (exact) mass is 254 g/mol. The molecule has 0 aromatic rings. The maximum absolute atomic E-state index is 12.4. The van der Waals surface area contributed by atoms with Gasteiger partial charge in [-0.1, -0.05) is 26.7 Å². The molecule has 4 heteroatoms. The van der Waals surface area contributed by atoms with Crippen molar-refractivity contribution in [1.82, 2.24) is 5.32 Å². The highest BCUT2D eigenvalue weighted by Gasteiger charge is 2.39. The molecular weight excluding hydrogens is 228 g/mol. The lowest BCUT2D eigenvalue weighted by atomic mass is 9.79. The third-order valence-electron chi connectivity index (χ3n) is 2.96. The second-order valence-corrected chi connectivity index (χ2v) is 5.46.